The Hall–Kier alpha value is -2.55. The maximum absolute atomic E-state index is 3.91. The standard InChI is InChI=1S/2C17H15.C7H14Si.2CH3.Hf/c2*1-12-6-3-7-13(2)17(12)16-11-5-9-14-8-4-10-15(14)16;1-8-7-5-3-2-4-6-7;;;/h2*3-11H,1-2H3;7H,2-6H2,1H3;2*1H3;. The quantitative estimate of drug-likeness (QED) is 0.177. The molecule has 3 aliphatic carbocycles. The molecule has 2 atom stereocenters. The molecule has 0 saturated heterocycles. The molecule has 0 aliphatic heterocycles. The van der Waals surface area contributed by atoms with Crippen LogP contribution in [-0.2, 0) is 17.1 Å². The van der Waals surface area contributed by atoms with Crippen molar-refractivity contribution in [1.29, 1.82) is 0 Å². The molecule has 0 bridgehead atoms. The van der Waals surface area contributed by atoms with Gasteiger partial charge in [-0.25, -0.2) is 0 Å². The summed E-state index contributed by atoms with van der Waals surface area (Å²) in [7, 11) is 0. The summed E-state index contributed by atoms with van der Waals surface area (Å²) >= 11 is -3.91. The van der Waals surface area contributed by atoms with Gasteiger partial charge in [0.25, 0.3) is 0 Å². The van der Waals surface area contributed by atoms with Crippen molar-refractivity contribution in [2.45, 2.75) is 88.6 Å². The topological polar surface area (TPSA) is 0 Å². The molecule has 0 N–H and O–H groups in total. The predicted molar refractivity (Wildman–Crippen MR) is 196 cm³/mol. The summed E-state index contributed by atoms with van der Waals surface area (Å²) in [6.07, 6.45) is 17.7. The van der Waals surface area contributed by atoms with Crippen molar-refractivity contribution in [3.05, 3.63) is 129 Å². The molecule has 1 saturated carbocycles. The third-order valence-electron chi connectivity index (χ3n) is 12.7. The summed E-state index contributed by atoms with van der Waals surface area (Å²) in [5, 5.41) is 0. The van der Waals surface area contributed by atoms with E-state index in [0.29, 0.717) is 7.35 Å². The van der Waals surface area contributed by atoms with E-state index in [2.05, 4.69) is 141 Å². The average molecular weight is 773 g/mol. The Morgan fingerprint density at radius 2 is 0.956 bits per heavy atom. The van der Waals surface area contributed by atoms with Gasteiger partial charge in [0.05, 0.1) is 0 Å². The van der Waals surface area contributed by atoms with Gasteiger partial charge in [0, 0.05) is 0 Å². The molecule has 230 valence electrons. The number of benzene rings is 4. The van der Waals surface area contributed by atoms with Crippen LogP contribution in [0.5, 0.6) is 0 Å². The van der Waals surface area contributed by atoms with Crippen LogP contribution in [0.3, 0.4) is 0 Å². The van der Waals surface area contributed by atoms with E-state index in [4.69, 9.17) is 0 Å². The fourth-order valence-electron chi connectivity index (χ4n) is 10.0. The molecule has 0 aromatic heterocycles. The van der Waals surface area contributed by atoms with Gasteiger partial charge < -0.3 is 0 Å². The molecule has 0 amide bonds. The summed E-state index contributed by atoms with van der Waals surface area (Å²) < 4.78 is 7.02. The molecular weight excluding hydrogens is 723 g/mol. The molecule has 2 unspecified atom stereocenters. The molecule has 3 aliphatic rings. The number of aryl methyl sites for hydroxylation is 4. The Morgan fingerprint density at radius 3 is 1.38 bits per heavy atom. The Bertz CT molecular complexity index is 1790. The molecule has 0 heterocycles. The van der Waals surface area contributed by atoms with Crippen LogP contribution in [-0.4, -0.2) is 5.49 Å². The third kappa shape index (κ3) is 4.84. The monoisotopic (exact) mass is 774 g/mol. The van der Waals surface area contributed by atoms with Gasteiger partial charge >= 0.3 is 275 Å². The number of hydrogen-bond donors (Lipinski definition) is 0. The Morgan fingerprint density at radius 1 is 0.556 bits per heavy atom. The number of hydrogen-bond acceptors (Lipinski definition) is 0. The Kier molecular flexibility index (Phi) is 8.01. The van der Waals surface area contributed by atoms with Crippen LogP contribution in [0.2, 0.25) is 21.4 Å². The maximum atomic E-state index is 2.94. The molecule has 1 fully saturated rings. The zero-order valence-corrected chi connectivity index (χ0v) is 33.1. The second-order valence-electron chi connectivity index (χ2n) is 15.5. The first-order valence-electron chi connectivity index (χ1n) is 17.4. The minimum absolute atomic E-state index is 0.576. The van der Waals surface area contributed by atoms with Crippen molar-refractivity contribution in [3.8, 4) is 22.3 Å². The van der Waals surface area contributed by atoms with E-state index in [1.165, 1.54) is 87.7 Å². The SMILES string of the molecule is Cc1cccc(C)c1-c1cccc2c1C=C[CH]2[Hf]([CH3])([CH3])([CH]1C=Cc2c(-c3c(C)cccc3C)cccc21)=[Si](C)C1CCCCC1. The van der Waals surface area contributed by atoms with Gasteiger partial charge in [-0.3, -0.25) is 0 Å². The van der Waals surface area contributed by atoms with E-state index in [9.17, 15) is 0 Å². The van der Waals surface area contributed by atoms with Gasteiger partial charge in [-0.05, 0) is 0 Å². The van der Waals surface area contributed by atoms with Crippen LogP contribution < -0.4 is 0 Å². The van der Waals surface area contributed by atoms with E-state index in [0.717, 1.165) is 5.54 Å². The first-order valence-corrected chi connectivity index (χ1v) is 36.2. The first kappa shape index (κ1) is 31.1. The number of rotatable bonds is 5. The Balaban J connectivity index is 1.46. The van der Waals surface area contributed by atoms with Gasteiger partial charge in [-0.15, -0.1) is 0 Å². The van der Waals surface area contributed by atoms with Gasteiger partial charge in [0.15, 0.2) is 0 Å². The molecule has 0 nitrogen and oxygen atoms in total. The molecular formula is C43H50HfSi. The van der Waals surface area contributed by atoms with Crippen LogP contribution >= 0.6 is 0 Å². The van der Waals surface area contributed by atoms with E-state index in [1.807, 2.05) is 0 Å². The molecule has 4 aromatic rings. The van der Waals surface area contributed by atoms with Gasteiger partial charge in [-0.1, -0.05) is 0 Å². The second-order valence-corrected chi connectivity index (χ2v) is 62.3. The number of fused-ring (bicyclic) bond motifs is 2. The molecule has 4 aromatic carbocycles. The normalized spacial score (nSPS) is 19.6. The van der Waals surface area contributed by atoms with Crippen LogP contribution in [0, 0.1) is 27.7 Å². The van der Waals surface area contributed by atoms with Gasteiger partial charge in [0.2, 0.25) is 0 Å². The van der Waals surface area contributed by atoms with Gasteiger partial charge in [-0.2, -0.15) is 0 Å². The first-order chi connectivity index (χ1) is 21.6. The van der Waals surface area contributed by atoms with Crippen molar-refractivity contribution >= 4 is 17.6 Å². The van der Waals surface area contributed by atoms with E-state index in [1.54, 1.807) is 11.1 Å². The van der Waals surface area contributed by atoms with Crippen LogP contribution in [0.15, 0.2) is 84.9 Å². The van der Waals surface area contributed by atoms with Crippen molar-refractivity contribution in [3.63, 3.8) is 0 Å². The molecule has 7 rings (SSSR count). The third-order valence-corrected chi connectivity index (χ3v) is 70.7. The summed E-state index contributed by atoms with van der Waals surface area (Å²) in [6.45, 7) is 12.0. The van der Waals surface area contributed by atoms with E-state index in [-0.39, 0.29) is 0 Å². The number of allylic oxidation sites excluding steroid dienone is 2. The molecule has 0 radical (unpaired) electrons. The van der Waals surface area contributed by atoms with E-state index < -0.39 is 22.6 Å². The molecule has 45 heavy (non-hydrogen) atoms. The Labute approximate surface area is 273 Å². The van der Waals surface area contributed by atoms with Crippen molar-refractivity contribution < 1.29 is 17.1 Å². The average Bonchev–Trinajstić information content (AvgIpc) is 3.68. The fraction of sp³-hybridized carbons (Fsp3) is 0.349. The minimum atomic E-state index is -3.91. The summed E-state index contributed by atoms with van der Waals surface area (Å²) in [5.41, 5.74) is 17.8. The predicted octanol–water partition coefficient (Wildman–Crippen LogP) is 12.8. The molecule has 0 spiro atoms. The second kappa shape index (κ2) is 11.6. The molecule has 2 heteroatoms. The fourth-order valence-corrected chi connectivity index (χ4v) is 60.3. The van der Waals surface area contributed by atoms with Crippen molar-refractivity contribution in [2.75, 3.05) is 0 Å². The van der Waals surface area contributed by atoms with Crippen molar-refractivity contribution in [2.24, 2.45) is 0 Å². The summed E-state index contributed by atoms with van der Waals surface area (Å²) in [5.74, 6) is 0. The zero-order chi connectivity index (χ0) is 31.5. The summed E-state index contributed by atoms with van der Waals surface area (Å²) in [6, 6.07) is 28.1. The van der Waals surface area contributed by atoms with Crippen LogP contribution in [0.4, 0.5) is 0 Å². The zero-order valence-electron chi connectivity index (χ0n) is 28.5. The van der Waals surface area contributed by atoms with Crippen molar-refractivity contribution in [1.82, 2.24) is 0 Å². The van der Waals surface area contributed by atoms with Crippen LogP contribution in [0.1, 0.15) is 84.0 Å². The van der Waals surface area contributed by atoms with E-state index >= 15 is 0 Å². The summed E-state index contributed by atoms with van der Waals surface area (Å²) in [4.78, 5) is 0. The van der Waals surface area contributed by atoms with Crippen LogP contribution in [0.25, 0.3) is 34.4 Å². The van der Waals surface area contributed by atoms with Gasteiger partial charge in [0.1, 0.15) is 0 Å².